The maximum absolute atomic E-state index is 10.5. The molecule has 1 aliphatic rings. The van der Waals surface area contributed by atoms with Crippen molar-refractivity contribution in [1.82, 2.24) is 0 Å². The molecule has 3 atom stereocenters. The molecule has 0 aromatic heterocycles. The predicted octanol–water partition coefficient (Wildman–Crippen LogP) is 3.04. The molecule has 2 unspecified atom stereocenters. The number of carbonyl (C=O) groups excluding carboxylic acids is 1. The van der Waals surface area contributed by atoms with Gasteiger partial charge in [0.05, 0.1) is 9.83 Å². The highest BCUT2D eigenvalue weighted by Crippen LogP contribution is 2.55. The van der Waals surface area contributed by atoms with Crippen LogP contribution in [0.4, 0.5) is 0 Å². The molecule has 1 nitrogen and oxygen atoms in total. The third-order valence-corrected chi connectivity index (χ3v) is 6.91. The van der Waals surface area contributed by atoms with E-state index in [1.807, 2.05) is 23.9 Å². The molecule has 0 radical (unpaired) electrons. The molecule has 0 spiro atoms. The van der Waals surface area contributed by atoms with Gasteiger partial charge in [-0.15, -0.1) is 36.7 Å². The lowest BCUT2D eigenvalue weighted by Gasteiger charge is -2.30. The van der Waals surface area contributed by atoms with Crippen LogP contribution < -0.4 is 0 Å². The normalized spacial score (nSPS) is 35.0. The van der Waals surface area contributed by atoms with E-state index in [0.717, 1.165) is 18.5 Å². The average Bonchev–Trinajstić information content (AvgIpc) is 2.65. The quantitative estimate of drug-likeness (QED) is 0.449. The van der Waals surface area contributed by atoms with Crippen molar-refractivity contribution < 1.29 is 4.79 Å². The lowest BCUT2D eigenvalue weighted by atomic mass is 10.00. The number of thioether (sulfide) groups is 2. The number of rotatable bonds is 6. The summed E-state index contributed by atoms with van der Waals surface area (Å²) >= 11 is 7.98. The minimum Gasteiger partial charge on any atom is -0.302 e. The monoisotopic (exact) mass is 260 g/mol. The molecular weight excluding hydrogens is 244 g/mol. The molecule has 0 bridgehead atoms. The summed E-state index contributed by atoms with van der Waals surface area (Å²) in [6.07, 6.45) is 5.99. The van der Waals surface area contributed by atoms with Gasteiger partial charge in [-0.1, -0.05) is 12.2 Å². The summed E-state index contributed by atoms with van der Waals surface area (Å²) in [5.41, 5.74) is 0. The summed E-state index contributed by atoms with van der Waals surface area (Å²) in [6, 6.07) is 0. The fraction of sp³-hybridized carbons (Fsp3) is 0.545. The zero-order valence-electron chi connectivity index (χ0n) is 8.59. The Labute approximate surface area is 106 Å². The number of allylic oxidation sites excluding steroid dienone is 1. The van der Waals surface area contributed by atoms with Crippen LogP contribution in [0.2, 0.25) is 0 Å². The van der Waals surface area contributed by atoms with E-state index < -0.39 is 0 Å². The van der Waals surface area contributed by atoms with Crippen LogP contribution in [0.15, 0.2) is 25.3 Å². The summed E-state index contributed by atoms with van der Waals surface area (Å²) in [7, 11) is 0. The third kappa shape index (κ3) is 2.86. The third-order valence-electron chi connectivity index (χ3n) is 2.57. The first-order valence-corrected chi connectivity index (χ1v) is 7.33. The smallest absolute Gasteiger partial charge is 0.129 e. The number of hydrogen-bond acceptors (Lipinski definition) is 4. The van der Waals surface area contributed by atoms with Crippen LogP contribution in [0.3, 0.4) is 0 Å². The van der Waals surface area contributed by atoms with Gasteiger partial charge in [-0.2, -0.15) is 12.6 Å². The van der Waals surface area contributed by atoms with Crippen molar-refractivity contribution in [3.63, 3.8) is 0 Å². The Morgan fingerprint density at radius 3 is 2.73 bits per heavy atom. The Kier molecular flexibility index (Phi) is 5.36. The molecule has 0 aliphatic carbocycles. The van der Waals surface area contributed by atoms with Gasteiger partial charge in [0.25, 0.3) is 0 Å². The van der Waals surface area contributed by atoms with E-state index in [4.69, 9.17) is 0 Å². The van der Waals surface area contributed by atoms with Crippen molar-refractivity contribution in [3.8, 4) is 0 Å². The van der Waals surface area contributed by atoms with Crippen LogP contribution >= 0.6 is 36.2 Å². The first-order chi connectivity index (χ1) is 7.22. The van der Waals surface area contributed by atoms with E-state index in [0.29, 0.717) is 16.9 Å². The average molecular weight is 260 g/mol. The van der Waals surface area contributed by atoms with Gasteiger partial charge in [-0.05, 0) is 6.42 Å². The second kappa shape index (κ2) is 6.06. The van der Waals surface area contributed by atoms with Crippen molar-refractivity contribution in [1.29, 1.82) is 0 Å². The van der Waals surface area contributed by atoms with Gasteiger partial charge in [-0.25, -0.2) is 0 Å². The summed E-state index contributed by atoms with van der Waals surface area (Å²) in [4.78, 5) is 10.5. The molecule has 0 N–H and O–H groups in total. The summed E-state index contributed by atoms with van der Waals surface area (Å²) < 4.78 is 0.00459. The highest BCUT2D eigenvalue weighted by atomic mass is 32.2. The van der Waals surface area contributed by atoms with Gasteiger partial charge in [0.1, 0.15) is 6.29 Å². The minimum atomic E-state index is 0.00459. The van der Waals surface area contributed by atoms with Gasteiger partial charge in [0, 0.05) is 16.9 Å². The zero-order chi connectivity index (χ0) is 11.3. The first kappa shape index (κ1) is 13.3. The second-order valence-corrected chi connectivity index (χ2v) is 6.91. The van der Waals surface area contributed by atoms with E-state index in [2.05, 4.69) is 25.8 Å². The highest BCUT2D eigenvalue weighted by molar-refractivity contribution is 8.19. The van der Waals surface area contributed by atoms with Crippen LogP contribution in [0.5, 0.6) is 0 Å². The van der Waals surface area contributed by atoms with Crippen LogP contribution in [0.1, 0.15) is 6.42 Å². The Balaban J connectivity index is 2.79. The van der Waals surface area contributed by atoms with Crippen LogP contribution in [0.25, 0.3) is 0 Å². The Morgan fingerprint density at radius 2 is 2.27 bits per heavy atom. The zero-order valence-corrected chi connectivity index (χ0v) is 11.1. The van der Waals surface area contributed by atoms with Gasteiger partial charge in [0.2, 0.25) is 0 Å². The number of thiol groups is 1. The van der Waals surface area contributed by atoms with Crippen molar-refractivity contribution in [3.05, 3.63) is 25.3 Å². The van der Waals surface area contributed by atoms with E-state index in [9.17, 15) is 4.79 Å². The Morgan fingerprint density at radius 1 is 1.53 bits per heavy atom. The highest BCUT2D eigenvalue weighted by Gasteiger charge is 2.45. The summed E-state index contributed by atoms with van der Waals surface area (Å²) in [5.74, 6) is 1.70. The molecule has 1 aliphatic heterocycles. The van der Waals surface area contributed by atoms with Gasteiger partial charge >= 0.3 is 0 Å². The Hall–Kier alpha value is 0.200. The van der Waals surface area contributed by atoms with E-state index >= 15 is 0 Å². The molecule has 4 heteroatoms. The number of hydrogen-bond donors (Lipinski definition) is 1. The predicted molar refractivity (Wildman–Crippen MR) is 75.0 cm³/mol. The maximum atomic E-state index is 10.5. The topological polar surface area (TPSA) is 17.1 Å². The van der Waals surface area contributed by atoms with Crippen LogP contribution in [-0.4, -0.2) is 27.1 Å². The number of carbonyl (C=O) groups is 1. The van der Waals surface area contributed by atoms with Crippen molar-refractivity contribution >= 4 is 42.4 Å². The standard InChI is InChI=1S/C11H16OS3/c1-3-9-7-10(4-2)15-11(9,8-13)14-6-5-12/h3-5,9-10,13H,1-2,6-8H2/t9?,10?,11-/m1/s1. The largest absolute Gasteiger partial charge is 0.302 e. The van der Waals surface area contributed by atoms with Gasteiger partial charge in [0.15, 0.2) is 0 Å². The lowest BCUT2D eigenvalue weighted by molar-refractivity contribution is -0.105. The molecule has 0 amide bonds. The molecule has 1 heterocycles. The van der Waals surface area contributed by atoms with Gasteiger partial charge in [-0.3, -0.25) is 0 Å². The summed E-state index contributed by atoms with van der Waals surface area (Å²) in [6.45, 7) is 7.71. The molecule has 0 saturated carbocycles. The summed E-state index contributed by atoms with van der Waals surface area (Å²) in [5, 5.41) is 0.458. The fourth-order valence-electron chi connectivity index (χ4n) is 1.76. The molecule has 0 aromatic carbocycles. The SMILES string of the molecule is C=CC1CC(C=C)[C@](CS)(SCC=O)S1. The molecule has 1 saturated heterocycles. The fourth-order valence-corrected chi connectivity index (χ4v) is 5.54. The molecule has 0 aromatic rings. The minimum absolute atomic E-state index is 0.00459. The second-order valence-electron chi connectivity index (χ2n) is 3.42. The van der Waals surface area contributed by atoms with Crippen molar-refractivity contribution in [2.24, 2.45) is 5.92 Å². The molecular formula is C11H16OS3. The molecule has 1 rings (SSSR count). The first-order valence-electron chi connectivity index (χ1n) is 4.83. The van der Waals surface area contributed by atoms with Crippen molar-refractivity contribution in [2.75, 3.05) is 11.5 Å². The number of aldehydes is 1. The van der Waals surface area contributed by atoms with E-state index in [1.54, 1.807) is 11.8 Å². The molecule has 1 fully saturated rings. The van der Waals surface area contributed by atoms with Crippen LogP contribution in [-0.2, 0) is 4.79 Å². The lowest BCUT2D eigenvalue weighted by Crippen LogP contribution is -2.28. The van der Waals surface area contributed by atoms with Crippen LogP contribution in [0, 0.1) is 5.92 Å². The van der Waals surface area contributed by atoms with Crippen molar-refractivity contribution in [2.45, 2.75) is 15.7 Å². The van der Waals surface area contributed by atoms with E-state index in [-0.39, 0.29) is 4.08 Å². The Bertz CT molecular complexity index is 254. The molecule has 15 heavy (non-hydrogen) atoms. The van der Waals surface area contributed by atoms with E-state index in [1.165, 1.54) is 0 Å². The maximum Gasteiger partial charge on any atom is 0.129 e. The molecule has 84 valence electrons. The van der Waals surface area contributed by atoms with Gasteiger partial charge < -0.3 is 4.79 Å².